The van der Waals surface area contributed by atoms with E-state index in [9.17, 15) is 9.59 Å². The predicted molar refractivity (Wildman–Crippen MR) is 113 cm³/mol. The highest BCUT2D eigenvalue weighted by Gasteiger charge is 2.23. The SMILES string of the molecule is COc1cccc(CNC(=O)CCC2CCCN(C(=O)CCCn3cncn3)C2)c1. The summed E-state index contributed by atoms with van der Waals surface area (Å²) >= 11 is 0. The van der Waals surface area contributed by atoms with Gasteiger partial charge in [0.2, 0.25) is 11.8 Å². The maximum atomic E-state index is 12.5. The number of aromatic nitrogens is 3. The molecule has 1 aliphatic rings. The first-order valence-electron chi connectivity index (χ1n) is 10.6. The molecule has 0 aliphatic carbocycles. The number of rotatable bonds is 10. The van der Waals surface area contributed by atoms with Gasteiger partial charge in [-0.3, -0.25) is 14.3 Å². The summed E-state index contributed by atoms with van der Waals surface area (Å²) in [6.07, 6.45) is 7.83. The number of nitrogens with one attached hydrogen (secondary N) is 1. The third kappa shape index (κ3) is 6.86. The summed E-state index contributed by atoms with van der Waals surface area (Å²) in [4.78, 5) is 30.6. The molecule has 1 N–H and O–H groups in total. The molecule has 1 aromatic heterocycles. The molecule has 1 saturated heterocycles. The van der Waals surface area contributed by atoms with Crippen molar-refractivity contribution < 1.29 is 14.3 Å². The number of piperidine rings is 1. The van der Waals surface area contributed by atoms with Crippen molar-refractivity contribution in [3.63, 3.8) is 0 Å². The van der Waals surface area contributed by atoms with Crippen molar-refractivity contribution in [3.05, 3.63) is 42.5 Å². The van der Waals surface area contributed by atoms with Crippen molar-refractivity contribution >= 4 is 11.8 Å². The zero-order chi connectivity index (χ0) is 21.2. The predicted octanol–water partition coefficient (Wildman–Crippen LogP) is 2.40. The lowest BCUT2D eigenvalue weighted by Gasteiger charge is -2.33. The molecular formula is C22H31N5O3. The maximum Gasteiger partial charge on any atom is 0.222 e. The molecule has 8 heteroatoms. The van der Waals surface area contributed by atoms with Gasteiger partial charge in [0.1, 0.15) is 18.4 Å². The van der Waals surface area contributed by atoms with E-state index in [2.05, 4.69) is 15.4 Å². The lowest BCUT2D eigenvalue weighted by Crippen LogP contribution is -2.40. The molecule has 2 amide bonds. The smallest absolute Gasteiger partial charge is 0.222 e. The molecule has 1 unspecified atom stereocenters. The summed E-state index contributed by atoms with van der Waals surface area (Å²) in [5.74, 6) is 1.42. The van der Waals surface area contributed by atoms with Gasteiger partial charge < -0.3 is 15.0 Å². The number of ether oxygens (including phenoxy) is 1. The zero-order valence-corrected chi connectivity index (χ0v) is 17.6. The summed E-state index contributed by atoms with van der Waals surface area (Å²) < 4.78 is 6.96. The van der Waals surface area contributed by atoms with E-state index in [-0.39, 0.29) is 11.8 Å². The molecule has 0 spiro atoms. The van der Waals surface area contributed by atoms with E-state index in [4.69, 9.17) is 4.74 Å². The number of carbonyl (C=O) groups excluding carboxylic acids is 2. The molecule has 2 aromatic rings. The van der Waals surface area contributed by atoms with E-state index in [1.165, 1.54) is 6.33 Å². The number of amides is 2. The van der Waals surface area contributed by atoms with Gasteiger partial charge in [-0.05, 0) is 49.3 Å². The third-order valence-electron chi connectivity index (χ3n) is 5.52. The van der Waals surface area contributed by atoms with Gasteiger partial charge in [0.05, 0.1) is 7.11 Å². The molecule has 0 saturated carbocycles. The molecule has 1 aromatic carbocycles. The molecule has 1 fully saturated rings. The molecule has 8 nitrogen and oxygen atoms in total. The highest BCUT2D eigenvalue weighted by Crippen LogP contribution is 2.22. The van der Waals surface area contributed by atoms with Crippen LogP contribution < -0.4 is 10.1 Å². The van der Waals surface area contributed by atoms with E-state index in [1.807, 2.05) is 29.2 Å². The van der Waals surface area contributed by atoms with Crippen molar-refractivity contribution in [2.75, 3.05) is 20.2 Å². The van der Waals surface area contributed by atoms with Crippen LogP contribution in [0.4, 0.5) is 0 Å². The second kappa shape index (κ2) is 11.3. The van der Waals surface area contributed by atoms with Crippen LogP contribution in [-0.4, -0.2) is 51.7 Å². The highest BCUT2D eigenvalue weighted by molar-refractivity contribution is 5.76. The first kappa shape index (κ1) is 21.8. The van der Waals surface area contributed by atoms with E-state index < -0.39 is 0 Å². The summed E-state index contributed by atoms with van der Waals surface area (Å²) in [6.45, 7) is 2.78. The second-order valence-corrected chi connectivity index (χ2v) is 7.78. The quantitative estimate of drug-likeness (QED) is 0.646. The van der Waals surface area contributed by atoms with Crippen LogP contribution in [0.2, 0.25) is 0 Å². The number of carbonyl (C=O) groups is 2. The Morgan fingerprint density at radius 2 is 2.20 bits per heavy atom. The van der Waals surface area contributed by atoms with Crippen LogP contribution in [0.15, 0.2) is 36.9 Å². The Bertz CT molecular complexity index is 809. The zero-order valence-electron chi connectivity index (χ0n) is 17.6. The largest absolute Gasteiger partial charge is 0.497 e. The molecular weight excluding hydrogens is 382 g/mol. The van der Waals surface area contributed by atoms with E-state index in [0.717, 1.165) is 50.1 Å². The van der Waals surface area contributed by atoms with Crippen molar-refractivity contribution in [2.24, 2.45) is 5.92 Å². The molecule has 3 rings (SSSR count). The minimum atomic E-state index is 0.0501. The number of benzene rings is 1. The normalized spacial score (nSPS) is 16.3. The average Bonchev–Trinajstić information content (AvgIpc) is 3.30. The number of likely N-dealkylation sites (tertiary alicyclic amines) is 1. The maximum absolute atomic E-state index is 12.5. The van der Waals surface area contributed by atoms with Crippen LogP contribution in [0.1, 0.15) is 44.1 Å². The number of hydrogen-bond donors (Lipinski definition) is 1. The van der Waals surface area contributed by atoms with Gasteiger partial charge in [0, 0.05) is 39.0 Å². The van der Waals surface area contributed by atoms with Gasteiger partial charge in [-0.2, -0.15) is 5.10 Å². The minimum Gasteiger partial charge on any atom is -0.497 e. The highest BCUT2D eigenvalue weighted by atomic mass is 16.5. The van der Waals surface area contributed by atoms with Crippen LogP contribution in [0.5, 0.6) is 5.75 Å². The Labute approximate surface area is 177 Å². The monoisotopic (exact) mass is 413 g/mol. The van der Waals surface area contributed by atoms with Crippen LogP contribution in [0.25, 0.3) is 0 Å². The molecule has 162 valence electrons. The summed E-state index contributed by atoms with van der Waals surface area (Å²) in [5, 5.41) is 7.03. The lowest BCUT2D eigenvalue weighted by atomic mass is 9.93. The molecule has 2 heterocycles. The summed E-state index contributed by atoms with van der Waals surface area (Å²) in [6, 6.07) is 7.69. The summed E-state index contributed by atoms with van der Waals surface area (Å²) in [5.41, 5.74) is 1.02. The Morgan fingerprint density at radius 1 is 1.30 bits per heavy atom. The summed E-state index contributed by atoms with van der Waals surface area (Å²) in [7, 11) is 1.63. The fraction of sp³-hybridized carbons (Fsp3) is 0.545. The van der Waals surface area contributed by atoms with E-state index in [0.29, 0.717) is 31.8 Å². The molecule has 1 atom stereocenters. The van der Waals surface area contributed by atoms with Gasteiger partial charge in [0.25, 0.3) is 0 Å². The van der Waals surface area contributed by atoms with Gasteiger partial charge >= 0.3 is 0 Å². The second-order valence-electron chi connectivity index (χ2n) is 7.78. The number of aryl methyl sites for hydroxylation is 1. The Kier molecular flexibility index (Phi) is 8.23. The fourth-order valence-corrected chi connectivity index (χ4v) is 3.83. The standard InChI is InChI=1S/C22H31N5O3/c1-30-20-7-2-5-19(13-20)14-24-21(28)10-9-18-6-3-11-26(15-18)22(29)8-4-12-27-17-23-16-25-27/h2,5,7,13,16-18H,3-4,6,8-12,14-15H2,1H3,(H,24,28). The van der Waals surface area contributed by atoms with Crippen molar-refractivity contribution in [2.45, 2.75) is 51.6 Å². The fourth-order valence-electron chi connectivity index (χ4n) is 3.83. The van der Waals surface area contributed by atoms with Crippen LogP contribution in [-0.2, 0) is 22.7 Å². The van der Waals surface area contributed by atoms with Crippen molar-refractivity contribution in [1.29, 1.82) is 0 Å². The van der Waals surface area contributed by atoms with E-state index >= 15 is 0 Å². The van der Waals surface area contributed by atoms with Gasteiger partial charge in [-0.25, -0.2) is 4.98 Å². The third-order valence-corrected chi connectivity index (χ3v) is 5.52. The van der Waals surface area contributed by atoms with Crippen LogP contribution >= 0.6 is 0 Å². The van der Waals surface area contributed by atoms with Crippen molar-refractivity contribution in [3.8, 4) is 5.75 Å². The Morgan fingerprint density at radius 3 is 3.00 bits per heavy atom. The topological polar surface area (TPSA) is 89.4 Å². The lowest BCUT2D eigenvalue weighted by molar-refractivity contribution is -0.133. The first-order valence-corrected chi connectivity index (χ1v) is 10.6. The van der Waals surface area contributed by atoms with Gasteiger partial charge in [0.15, 0.2) is 0 Å². The number of nitrogens with zero attached hydrogens (tertiary/aromatic N) is 4. The number of hydrogen-bond acceptors (Lipinski definition) is 5. The first-order chi connectivity index (χ1) is 14.6. The minimum absolute atomic E-state index is 0.0501. The average molecular weight is 414 g/mol. The number of methoxy groups -OCH3 is 1. The Hall–Kier alpha value is -2.90. The van der Waals surface area contributed by atoms with Crippen LogP contribution in [0, 0.1) is 5.92 Å². The molecule has 0 bridgehead atoms. The Balaban J connectivity index is 1.34. The van der Waals surface area contributed by atoms with E-state index in [1.54, 1.807) is 18.1 Å². The molecule has 1 aliphatic heterocycles. The van der Waals surface area contributed by atoms with Crippen molar-refractivity contribution in [1.82, 2.24) is 25.0 Å². The van der Waals surface area contributed by atoms with Gasteiger partial charge in [-0.1, -0.05) is 12.1 Å². The molecule has 30 heavy (non-hydrogen) atoms. The van der Waals surface area contributed by atoms with Crippen LogP contribution in [0.3, 0.4) is 0 Å². The molecule has 0 radical (unpaired) electrons. The van der Waals surface area contributed by atoms with Gasteiger partial charge in [-0.15, -0.1) is 0 Å².